The Morgan fingerprint density at radius 1 is 1.17 bits per heavy atom. The SMILES string of the molecule is COc1ccc(S(=O)(=O)NCc2ccc(NC(=O)c3ccco3)cc2)c([N+](=O)[O-])c1. The summed E-state index contributed by atoms with van der Waals surface area (Å²) in [4.78, 5) is 21.9. The Kier molecular flexibility index (Phi) is 6.14. The van der Waals surface area contributed by atoms with E-state index in [0.29, 0.717) is 11.3 Å². The lowest BCUT2D eigenvalue weighted by Gasteiger charge is -2.09. The van der Waals surface area contributed by atoms with E-state index in [1.807, 2.05) is 0 Å². The Hall–Kier alpha value is -3.70. The van der Waals surface area contributed by atoms with Crippen molar-refractivity contribution < 1.29 is 27.3 Å². The molecule has 0 bridgehead atoms. The minimum absolute atomic E-state index is 0.0993. The smallest absolute Gasteiger partial charge is 0.293 e. The van der Waals surface area contributed by atoms with Crippen LogP contribution >= 0.6 is 0 Å². The van der Waals surface area contributed by atoms with E-state index in [4.69, 9.17) is 9.15 Å². The van der Waals surface area contributed by atoms with Crippen LogP contribution in [0.25, 0.3) is 0 Å². The number of carbonyl (C=O) groups is 1. The summed E-state index contributed by atoms with van der Waals surface area (Å²) in [6.07, 6.45) is 1.39. The Labute approximate surface area is 171 Å². The molecule has 1 amide bonds. The van der Waals surface area contributed by atoms with Crippen molar-refractivity contribution in [3.63, 3.8) is 0 Å². The minimum Gasteiger partial charge on any atom is -0.497 e. The van der Waals surface area contributed by atoms with Crippen molar-refractivity contribution in [2.45, 2.75) is 11.4 Å². The molecule has 3 rings (SSSR count). The second kappa shape index (κ2) is 8.76. The highest BCUT2D eigenvalue weighted by atomic mass is 32.2. The third-order valence-electron chi connectivity index (χ3n) is 4.08. The number of furan rings is 1. The van der Waals surface area contributed by atoms with Crippen LogP contribution < -0.4 is 14.8 Å². The first-order valence-electron chi connectivity index (χ1n) is 8.56. The largest absolute Gasteiger partial charge is 0.497 e. The van der Waals surface area contributed by atoms with Crippen LogP contribution in [0.4, 0.5) is 11.4 Å². The molecule has 0 aliphatic rings. The molecule has 0 saturated heterocycles. The normalized spacial score (nSPS) is 11.1. The molecule has 2 aromatic carbocycles. The second-order valence-electron chi connectivity index (χ2n) is 6.04. The molecule has 0 spiro atoms. The highest BCUT2D eigenvalue weighted by molar-refractivity contribution is 7.89. The lowest BCUT2D eigenvalue weighted by Crippen LogP contribution is -2.24. The van der Waals surface area contributed by atoms with E-state index in [-0.39, 0.29) is 18.1 Å². The molecule has 0 aliphatic heterocycles. The van der Waals surface area contributed by atoms with Gasteiger partial charge in [0, 0.05) is 12.2 Å². The number of nitrogens with zero attached hydrogens (tertiary/aromatic N) is 1. The average Bonchev–Trinajstić information content (AvgIpc) is 3.28. The van der Waals surface area contributed by atoms with E-state index in [1.165, 1.54) is 25.5 Å². The van der Waals surface area contributed by atoms with Gasteiger partial charge in [0.05, 0.1) is 24.4 Å². The van der Waals surface area contributed by atoms with E-state index >= 15 is 0 Å². The molecule has 0 aliphatic carbocycles. The Morgan fingerprint density at radius 2 is 1.90 bits per heavy atom. The summed E-state index contributed by atoms with van der Waals surface area (Å²) in [6.45, 7) is -0.0993. The lowest BCUT2D eigenvalue weighted by molar-refractivity contribution is -0.387. The monoisotopic (exact) mass is 431 g/mol. The van der Waals surface area contributed by atoms with E-state index in [9.17, 15) is 23.3 Å². The molecule has 1 aromatic heterocycles. The molecule has 0 fully saturated rings. The van der Waals surface area contributed by atoms with Crippen molar-refractivity contribution >= 4 is 27.3 Å². The molecule has 0 saturated carbocycles. The molecule has 0 unspecified atom stereocenters. The standard InChI is InChI=1S/C19H17N3O7S/c1-28-15-8-9-18(16(11-15)22(24)25)30(26,27)20-12-13-4-6-14(7-5-13)21-19(23)17-3-2-10-29-17/h2-11,20H,12H2,1H3,(H,21,23). The number of ether oxygens (including phenoxy) is 1. The van der Waals surface area contributed by atoms with E-state index in [0.717, 1.165) is 12.1 Å². The van der Waals surface area contributed by atoms with Gasteiger partial charge in [-0.1, -0.05) is 12.1 Å². The third kappa shape index (κ3) is 4.82. The number of nitro benzene ring substituents is 1. The summed E-state index contributed by atoms with van der Waals surface area (Å²) in [5.41, 5.74) is 0.498. The topological polar surface area (TPSA) is 141 Å². The van der Waals surface area contributed by atoms with Gasteiger partial charge in [0.15, 0.2) is 10.7 Å². The van der Waals surface area contributed by atoms with Gasteiger partial charge < -0.3 is 14.5 Å². The van der Waals surface area contributed by atoms with Gasteiger partial charge >= 0.3 is 0 Å². The number of nitro groups is 1. The summed E-state index contributed by atoms with van der Waals surface area (Å²) < 4.78 is 37.3. The zero-order chi connectivity index (χ0) is 21.7. The van der Waals surface area contributed by atoms with Gasteiger partial charge in [0.2, 0.25) is 10.0 Å². The first-order valence-corrected chi connectivity index (χ1v) is 10.0. The van der Waals surface area contributed by atoms with E-state index in [1.54, 1.807) is 30.3 Å². The van der Waals surface area contributed by atoms with Crippen LogP contribution in [-0.2, 0) is 16.6 Å². The summed E-state index contributed by atoms with van der Waals surface area (Å²) in [6, 6.07) is 13.0. The molecular weight excluding hydrogens is 414 g/mol. The maximum atomic E-state index is 12.6. The molecule has 0 atom stereocenters. The molecule has 10 nitrogen and oxygen atoms in total. The van der Waals surface area contributed by atoms with Crippen LogP contribution in [0.5, 0.6) is 5.75 Å². The number of benzene rings is 2. The summed E-state index contributed by atoms with van der Waals surface area (Å²) in [5.74, 6) is -0.0824. The predicted octanol–water partition coefficient (Wildman–Crippen LogP) is 2.93. The lowest BCUT2D eigenvalue weighted by atomic mass is 10.2. The van der Waals surface area contributed by atoms with Crippen LogP contribution in [-0.4, -0.2) is 26.4 Å². The number of rotatable bonds is 8. The predicted molar refractivity (Wildman–Crippen MR) is 107 cm³/mol. The minimum atomic E-state index is -4.15. The molecular formula is C19H17N3O7S. The number of nitrogens with one attached hydrogen (secondary N) is 2. The van der Waals surface area contributed by atoms with E-state index < -0.39 is 31.4 Å². The van der Waals surface area contributed by atoms with Gasteiger partial charge in [0.25, 0.3) is 11.6 Å². The second-order valence-corrected chi connectivity index (χ2v) is 7.78. The van der Waals surface area contributed by atoms with Crippen molar-refractivity contribution in [3.05, 3.63) is 82.3 Å². The van der Waals surface area contributed by atoms with Crippen LogP contribution in [0.3, 0.4) is 0 Å². The fourth-order valence-electron chi connectivity index (χ4n) is 2.56. The first kappa shape index (κ1) is 21.0. The number of sulfonamides is 1. The Bertz CT molecular complexity index is 1160. The van der Waals surface area contributed by atoms with Gasteiger partial charge in [-0.2, -0.15) is 0 Å². The number of hydrogen-bond donors (Lipinski definition) is 2. The zero-order valence-electron chi connectivity index (χ0n) is 15.7. The molecule has 11 heteroatoms. The summed E-state index contributed by atoms with van der Waals surface area (Å²) >= 11 is 0. The van der Waals surface area contributed by atoms with Crippen LogP contribution in [0.2, 0.25) is 0 Å². The number of methoxy groups -OCH3 is 1. The fraction of sp³-hybridized carbons (Fsp3) is 0.105. The van der Waals surface area contributed by atoms with Crippen molar-refractivity contribution in [2.24, 2.45) is 0 Å². The van der Waals surface area contributed by atoms with Crippen LogP contribution in [0, 0.1) is 10.1 Å². The summed E-state index contributed by atoms with van der Waals surface area (Å²) in [7, 11) is -2.82. The number of anilines is 1. The highest BCUT2D eigenvalue weighted by Gasteiger charge is 2.26. The quantitative estimate of drug-likeness (QED) is 0.413. The highest BCUT2D eigenvalue weighted by Crippen LogP contribution is 2.28. The van der Waals surface area contributed by atoms with E-state index in [2.05, 4.69) is 10.0 Å². The number of carbonyl (C=O) groups excluding carboxylic acids is 1. The Morgan fingerprint density at radius 3 is 2.50 bits per heavy atom. The summed E-state index contributed by atoms with van der Waals surface area (Å²) in [5, 5.41) is 13.9. The average molecular weight is 431 g/mol. The molecule has 1 heterocycles. The molecule has 2 N–H and O–H groups in total. The molecule has 30 heavy (non-hydrogen) atoms. The van der Waals surface area contributed by atoms with Crippen molar-refractivity contribution in [2.75, 3.05) is 12.4 Å². The van der Waals surface area contributed by atoms with Gasteiger partial charge in [-0.05, 0) is 42.0 Å². The third-order valence-corrected chi connectivity index (χ3v) is 5.52. The van der Waals surface area contributed by atoms with Gasteiger partial charge in [-0.3, -0.25) is 14.9 Å². The number of hydrogen-bond acceptors (Lipinski definition) is 7. The van der Waals surface area contributed by atoms with Crippen molar-refractivity contribution in [1.29, 1.82) is 0 Å². The molecule has 0 radical (unpaired) electrons. The van der Waals surface area contributed by atoms with Crippen LogP contribution in [0.15, 0.2) is 70.2 Å². The Balaban J connectivity index is 1.69. The zero-order valence-corrected chi connectivity index (χ0v) is 16.5. The number of amides is 1. The molecule has 3 aromatic rings. The maximum absolute atomic E-state index is 12.6. The van der Waals surface area contributed by atoms with Crippen molar-refractivity contribution in [1.82, 2.24) is 4.72 Å². The van der Waals surface area contributed by atoms with Crippen LogP contribution in [0.1, 0.15) is 16.1 Å². The van der Waals surface area contributed by atoms with Crippen molar-refractivity contribution in [3.8, 4) is 5.75 Å². The first-order chi connectivity index (χ1) is 14.3. The fourth-order valence-corrected chi connectivity index (χ4v) is 3.72. The van der Waals surface area contributed by atoms with Gasteiger partial charge in [-0.15, -0.1) is 0 Å². The maximum Gasteiger partial charge on any atom is 0.293 e. The van der Waals surface area contributed by atoms with Gasteiger partial charge in [-0.25, -0.2) is 13.1 Å². The van der Waals surface area contributed by atoms with Gasteiger partial charge in [0.1, 0.15) is 5.75 Å². The molecule has 156 valence electrons.